The number of allylic oxidation sites excluding steroid dienone is 1. The van der Waals surface area contributed by atoms with Crippen molar-refractivity contribution in [2.45, 2.75) is 38.4 Å². The van der Waals surface area contributed by atoms with E-state index in [0.717, 1.165) is 5.57 Å². The fraction of sp³-hybridized carbons (Fsp3) is 0.474. The normalized spacial score (nSPS) is 26.9. The summed E-state index contributed by atoms with van der Waals surface area (Å²) in [5.74, 6) is -1.70. The summed E-state index contributed by atoms with van der Waals surface area (Å²) < 4.78 is 10.9. The van der Waals surface area contributed by atoms with Crippen LogP contribution in [0.1, 0.15) is 26.2 Å². The maximum absolute atomic E-state index is 12.0. The van der Waals surface area contributed by atoms with Crippen molar-refractivity contribution in [1.82, 2.24) is 0 Å². The Morgan fingerprint density at radius 2 is 2.04 bits per heavy atom. The van der Waals surface area contributed by atoms with E-state index >= 15 is 0 Å². The molecule has 0 radical (unpaired) electrons. The molecule has 1 heterocycles. The molecule has 1 fully saturated rings. The van der Waals surface area contributed by atoms with Crippen LogP contribution in [-0.2, 0) is 19.1 Å². The van der Waals surface area contributed by atoms with Gasteiger partial charge in [-0.2, -0.15) is 0 Å². The first-order valence-electron chi connectivity index (χ1n) is 8.22. The van der Waals surface area contributed by atoms with Crippen LogP contribution in [0.15, 0.2) is 47.6 Å². The molecule has 2 aliphatic rings. The van der Waals surface area contributed by atoms with Gasteiger partial charge in [0, 0.05) is 17.6 Å². The van der Waals surface area contributed by atoms with Gasteiger partial charge in [-0.1, -0.05) is 19.2 Å². The van der Waals surface area contributed by atoms with Crippen LogP contribution in [0.5, 0.6) is 0 Å². The number of ether oxygens (including phenoxy) is 2. The number of fused-ring (bicyclic) bond motifs is 1. The van der Waals surface area contributed by atoms with Crippen molar-refractivity contribution < 1.29 is 29.3 Å². The Morgan fingerprint density at radius 3 is 2.64 bits per heavy atom. The summed E-state index contributed by atoms with van der Waals surface area (Å²) in [5.41, 5.74) is 1.88. The standard InChI is InChI=1S/C19H24O6/c1-11(2)18(22)24-15-7-13(9-20)5-4-6-14(10-21)8-16-17(15)12(3)19(23)25-16/h5,8,15-17,20-21H,1,3-4,6-7,9-10H2,2H3/t15-,16-,17-/m1/s1. The average molecular weight is 348 g/mol. The van der Waals surface area contributed by atoms with Crippen LogP contribution < -0.4 is 0 Å². The SMILES string of the molecule is C=C(C)C(=O)O[C@@H]1CC(CO)=CCCC(CO)=C[C@H]2OC(=O)C(=C)[C@@H]21. The van der Waals surface area contributed by atoms with Crippen LogP contribution in [0.2, 0.25) is 0 Å². The number of aliphatic hydroxyl groups is 2. The van der Waals surface area contributed by atoms with Crippen LogP contribution in [0, 0.1) is 5.92 Å². The highest BCUT2D eigenvalue weighted by Crippen LogP contribution is 2.36. The molecule has 0 aromatic rings. The average Bonchev–Trinajstić information content (AvgIpc) is 2.85. The molecule has 0 unspecified atom stereocenters. The Kier molecular flexibility index (Phi) is 6.33. The van der Waals surface area contributed by atoms with E-state index in [4.69, 9.17) is 9.47 Å². The number of aliphatic hydroxyl groups excluding tert-OH is 2. The van der Waals surface area contributed by atoms with E-state index in [2.05, 4.69) is 13.2 Å². The molecule has 25 heavy (non-hydrogen) atoms. The van der Waals surface area contributed by atoms with Crippen molar-refractivity contribution in [3.8, 4) is 0 Å². The van der Waals surface area contributed by atoms with Gasteiger partial charge in [0.15, 0.2) is 0 Å². The lowest BCUT2D eigenvalue weighted by molar-refractivity contribution is -0.147. The van der Waals surface area contributed by atoms with E-state index in [1.807, 2.05) is 6.08 Å². The Bertz CT molecular complexity index is 642. The maximum atomic E-state index is 12.0. The molecule has 1 saturated heterocycles. The minimum Gasteiger partial charge on any atom is -0.458 e. The molecule has 6 heteroatoms. The largest absolute Gasteiger partial charge is 0.458 e. The van der Waals surface area contributed by atoms with Crippen molar-refractivity contribution in [1.29, 1.82) is 0 Å². The molecule has 6 nitrogen and oxygen atoms in total. The smallest absolute Gasteiger partial charge is 0.334 e. The molecule has 2 N–H and O–H groups in total. The van der Waals surface area contributed by atoms with Crippen molar-refractivity contribution in [2.24, 2.45) is 5.92 Å². The van der Waals surface area contributed by atoms with Crippen LogP contribution in [0.3, 0.4) is 0 Å². The molecule has 0 amide bonds. The van der Waals surface area contributed by atoms with E-state index in [9.17, 15) is 19.8 Å². The van der Waals surface area contributed by atoms with E-state index in [0.29, 0.717) is 18.4 Å². The second-order valence-electron chi connectivity index (χ2n) is 6.39. The predicted molar refractivity (Wildman–Crippen MR) is 91.4 cm³/mol. The molecule has 136 valence electrons. The Morgan fingerprint density at radius 1 is 1.36 bits per heavy atom. The van der Waals surface area contributed by atoms with Gasteiger partial charge in [0.25, 0.3) is 0 Å². The number of esters is 2. The second-order valence-corrected chi connectivity index (χ2v) is 6.39. The van der Waals surface area contributed by atoms with Gasteiger partial charge in [0.2, 0.25) is 0 Å². The van der Waals surface area contributed by atoms with Crippen LogP contribution >= 0.6 is 0 Å². The first-order valence-corrected chi connectivity index (χ1v) is 8.22. The molecule has 0 aromatic carbocycles. The summed E-state index contributed by atoms with van der Waals surface area (Å²) in [6.07, 6.45) is 3.67. The molecule has 3 atom stereocenters. The van der Waals surface area contributed by atoms with E-state index in [1.165, 1.54) is 6.92 Å². The third-order valence-electron chi connectivity index (χ3n) is 4.44. The zero-order valence-electron chi connectivity index (χ0n) is 14.4. The first-order chi connectivity index (χ1) is 11.9. The first kappa shape index (κ1) is 19.1. The van der Waals surface area contributed by atoms with Crippen LogP contribution in [0.25, 0.3) is 0 Å². The molecule has 0 saturated carbocycles. The Balaban J connectivity index is 2.43. The van der Waals surface area contributed by atoms with Gasteiger partial charge in [0.1, 0.15) is 12.2 Å². The summed E-state index contributed by atoms with van der Waals surface area (Å²) in [4.78, 5) is 24.1. The zero-order valence-corrected chi connectivity index (χ0v) is 14.4. The lowest BCUT2D eigenvalue weighted by Gasteiger charge is -2.27. The summed E-state index contributed by atoms with van der Waals surface area (Å²) in [6.45, 7) is 8.56. The molecule has 0 bridgehead atoms. The zero-order chi connectivity index (χ0) is 18.6. The minimum atomic E-state index is -0.721. The van der Waals surface area contributed by atoms with Gasteiger partial charge in [0.05, 0.1) is 19.1 Å². The van der Waals surface area contributed by atoms with Gasteiger partial charge in [-0.05, 0) is 37.0 Å². The molecule has 1 aliphatic carbocycles. The number of hydrogen-bond donors (Lipinski definition) is 2. The highest BCUT2D eigenvalue weighted by Gasteiger charge is 2.44. The van der Waals surface area contributed by atoms with Crippen molar-refractivity contribution in [2.75, 3.05) is 13.2 Å². The summed E-state index contributed by atoms with van der Waals surface area (Å²) >= 11 is 0. The van der Waals surface area contributed by atoms with Crippen molar-refractivity contribution in [3.63, 3.8) is 0 Å². The number of hydrogen-bond acceptors (Lipinski definition) is 6. The molecule has 1 aliphatic heterocycles. The number of carbonyl (C=O) groups is 2. The summed E-state index contributed by atoms with van der Waals surface area (Å²) in [7, 11) is 0. The lowest BCUT2D eigenvalue weighted by Crippen LogP contribution is -2.34. The number of rotatable bonds is 4. The molecular formula is C19H24O6. The van der Waals surface area contributed by atoms with Gasteiger partial charge in [-0.3, -0.25) is 0 Å². The highest BCUT2D eigenvalue weighted by atomic mass is 16.6. The highest BCUT2D eigenvalue weighted by molar-refractivity contribution is 5.91. The van der Waals surface area contributed by atoms with E-state index in [1.54, 1.807) is 6.08 Å². The molecule has 0 spiro atoms. The maximum Gasteiger partial charge on any atom is 0.334 e. The van der Waals surface area contributed by atoms with Crippen molar-refractivity contribution in [3.05, 3.63) is 47.6 Å². The van der Waals surface area contributed by atoms with Gasteiger partial charge in [-0.15, -0.1) is 0 Å². The van der Waals surface area contributed by atoms with Gasteiger partial charge < -0.3 is 19.7 Å². The third kappa shape index (κ3) is 4.46. The fourth-order valence-corrected chi connectivity index (χ4v) is 3.04. The fourth-order valence-electron chi connectivity index (χ4n) is 3.04. The Labute approximate surface area is 147 Å². The monoisotopic (exact) mass is 348 g/mol. The number of carbonyl (C=O) groups excluding carboxylic acids is 2. The van der Waals surface area contributed by atoms with Crippen LogP contribution in [-0.4, -0.2) is 47.6 Å². The minimum absolute atomic E-state index is 0.161. The van der Waals surface area contributed by atoms with Crippen molar-refractivity contribution >= 4 is 11.9 Å². The van der Waals surface area contributed by atoms with Gasteiger partial charge in [-0.25, -0.2) is 9.59 Å². The predicted octanol–water partition coefficient (Wildman–Crippen LogP) is 1.59. The molecule has 0 aromatic heterocycles. The Hall–Kier alpha value is -2.18. The summed E-state index contributed by atoms with van der Waals surface area (Å²) in [5, 5.41) is 19.1. The lowest BCUT2D eigenvalue weighted by atomic mass is 9.85. The van der Waals surface area contributed by atoms with Crippen LogP contribution in [0.4, 0.5) is 0 Å². The van der Waals surface area contributed by atoms with E-state index in [-0.39, 0.29) is 30.8 Å². The quantitative estimate of drug-likeness (QED) is 0.455. The summed E-state index contributed by atoms with van der Waals surface area (Å²) in [6, 6.07) is 0. The molecule has 2 rings (SSSR count). The molecular weight excluding hydrogens is 324 g/mol. The second kappa shape index (κ2) is 8.27. The topological polar surface area (TPSA) is 93.1 Å². The van der Waals surface area contributed by atoms with E-state index < -0.39 is 30.1 Å². The van der Waals surface area contributed by atoms with Gasteiger partial charge >= 0.3 is 11.9 Å². The third-order valence-corrected chi connectivity index (χ3v) is 4.44.